The van der Waals surface area contributed by atoms with Crippen molar-refractivity contribution in [3.8, 4) is 0 Å². The van der Waals surface area contributed by atoms with Crippen molar-refractivity contribution in [1.29, 1.82) is 0 Å². The molecule has 0 aromatic heterocycles. The van der Waals surface area contributed by atoms with Crippen LogP contribution in [0.1, 0.15) is 38.2 Å². The van der Waals surface area contributed by atoms with Gasteiger partial charge in [-0.15, -0.1) is 0 Å². The maximum atomic E-state index is 6.05. The van der Waals surface area contributed by atoms with E-state index in [0.717, 1.165) is 26.1 Å². The minimum absolute atomic E-state index is 0.101. The van der Waals surface area contributed by atoms with Crippen LogP contribution < -0.4 is 0 Å². The number of hydrogen-bond donors (Lipinski definition) is 0. The van der Waals surface area contributed by atoms with E-state index >= 15 is 0 Å². The molecule has 2 heteroatoms. The lowest BCUT2D eigenvalue weighted by Gasteiger charge is -2.39. The van der Waals surface area contributed by atoms with Gasteiger partial charge in [0.15, 0.2) is 5.79 Å². The van der Waals surface area contributed by atoms with Crippen LogP contribution in [0.5, 0.6) is 0 Å². The van der Waals surface area contributed by atoms with Gasteiger partial charge >= 0.3 is 0 Å². The quantitative estimate of drug-likeness (QED) is 0.796. The average molecular weight is 232 g/mol. The Labute approximate surface area is 103 Å². The molecule has 2 unspecified atom stereocenters. The van der Waals surface area contributed by atoms with Crippen LogP contribution >= 0.6 is 0 Å². The highest BCUT2D eigenvalue weighted by Crippen LogP contribution is 2.57. The van der Waals surface area contributed by atoms with Crippen molar-refractivity contribution in [1.82, 2.24) is 0 Å². The third-order valence-electron chi connectivity index (χ3n) is 4.41. The Morgan fingerprint density at radius 2 is 2.00 bits per heavy atom. The summed E-state index contributed by atoms with van der Waals surface area (Å²) in [6.07, 6.45) is 4.53. The fourth-order valence-electron chi connectivity index (χ4n) is 3.72. The summed E-state index contributed by atoms with van der Waals surface area (Å²) in [5.41, 5.74) is 1.49. The standard InChI is InChI=1S/C15H20O2/c1-2-16-15-10-6-9-14(15,11-12-17-15)13-7-4-3-5-8-13/h3-5,7-8H,2,6,9-12H2,1H3. The van der Waals surface area contributed by atoms with Crippen molar-refractivity contribution in [2.24, 2.45) is 0 Å². The van der Waals surface area contributed by atoms with Crippen LogP contribution in [0.3, 0.4) is 0 Å². The second-order valence-corrected chi connectivity index (χ2v) is 5.09. The summed E-state index contributed by atoms with van der Waals surface area (Å²) in [7, 11) is 0. The van der Waals surface area contributed by atoms with Crippen LogP contribution in [0.25, 0.3) is 0 Å². The van der Waals surface area contributed by atoms with E-state index in [0.29, 0.717) is 0 Å². The molecule has 0 bridgehead atoms. The van der Waals surface area contributed by atoms with Gasteiger partial charge in [0.1, 0.15) is 0 Å². The Morgan fingerprint density at radius 1 is 1.18 bits per heavy atom. The SMILES string of the molecule is CCOC12CCCC1(c1ccccc1)CCO2. The first-order chi connectivity index (χ1) is 8.33. The average Bonchev–Trinajstić information content (AvgIpc) is 2.86. The Bertz CT molecular complexity index is 375. The summed E-state index contributed by atoms with van der Waals surface area (Å²) >= 11 is 0. The Balaban J connectivity index is 2.04. The zero-order valence-electron chi connectivity index (χ0n) is 10.4. The van der Waals surface area contributed by atoms with E-state index in [1.807, 2.05) is 0 Å². The van der Waals surface area contributed by atoms with E-state index in [4.69, 9.17) is 9.47 Å². The van der Waals surface area contributed by atoms with Gasteiger partial charge in [-0.3, -0.25) is 0 Å². The molecule has 1 heterocycles. The topological polar surface area (TPSA) is 18.5 Å². The van der Waals surface area contributed by atoms with Crippen LogP contribution in [-0.2, 0) is 14.9 Å². The molecular formula is C15H20O2. The van der Waals surface area contributed by atoms with Gasteiger partial charge in [-0.05, 0) is 31.7 Å². The molecular weight excluding hydrogens is 212 g/mol. The number of fused-ring (bicyclic) bond motifs is 1. The zero-order chi connectivity index (χ0) is 11.8. The first-order valence-corrected chi connectivity index (χ1v) is 6.66. The largest absolute Gasteiger partial charge is 0.349 e. The Kier molecular flexibility index (Phi) is 2.72. The molecule has 0 spiro atoms. The second-order valence-electron chi connectivity index (χ2n) is 5.09. The van der Waals surface area contributed by atoms with Gasteiger partial charge < -0.3 is 9.47 Å². The number of benzene rings is 1. The lowest BCUT2D eigenvalue weighted by atomic mass is 9.74. The lowest BCUT2D eigenvalue weighted by molar-refractivity contribution is -0.226. The van der Waals surface area contributed by atoms with Crippen molar-refractivity contribution < 1.29 is 9.47 Å². The van der Waals surface area contributed by atoms with Gasteiger partial charge in [0.25, 0.3) is 0 Å². The predicted octanol–water partition coefficient (Wildman–Crippen LogP) is 3.26. The van der Waals surface area contributed by atoms with Gasteiger partial charge in [0.2, 0.25) is 0 Å². The molecule has 1 aromatic rings. The van der Waals surface area contributed by atoms with Gasteiger partial charge in [-0.2, -0.15) is 0 Å². The van der Waals surface area contributed by atoms with Crippen LogP contribution in [0, 0.1) is 0 Å². The monoisotopic (exact) mass is 232 g/mol. The molecule has 0 radical (unpaired) electrons. The molecule has 1 aliphatic heterocycles. The van der Waals surface area contributed by atoms with Crippen LogP contribution in [0.15, 0.2) is 30.3 Å². The lowest BCUT2D eigenvalue weighted by Crippen LogP contribution is -2.46. The van der Waals surface area contributed by atoms with Crippen molar-refractivity contribution in [3.05, 3.63) is 35.9 Å². The van der Waals surface area contributed by atoms with Crippen molar-refractivity contribution >= 4 is 0 Å². The molecule has 1 saturated heterocycles. The number of rotatable bonds is 3. The van der Waals surface area contributed by atoms with Crippen LogP contribution in [0.4, 0.5) is 0 Å². The summed E-state index contributed by atoms with van der Waals surface area (Å²) in [6.45, 7) is 3.62. The van der Waals surface area contributed by atoms with Crippen molar-refractivity contribution in [2.75, 3.05) is 13.2 Å². The minimum atomic E-state index is -0.344. The molecule has 1 saturated carbocycles. The van der Waals surface area contributed by atoms with Crippen LogP contribution in [-0.4, -0.2) is 19.0 Å². The molecule has 92 valence electrons. The molecule has 1 aliphatic carbocycles. The fourth-order valence-corrected chi connectivity index (χ4v) is 3.72. The van der Waals surface area contributed by atoms with E-state index in [9.17, 15) is 0 Å². The third-order valence-corrected chi connectivity index (χ3v) is 4.41. The zero-order valence-corrected chi connectivity index (χ0v) is 10.4. The third kappa shape index (κ3) is 1.47. The summed E-state index contributed by atoms with van der Waals surface area (Å²) in [5, 5.41) is 0. The van der Waals surface area contributed by atoms with Gasteiger partial charge in [0.05, 0.1) is 12.0 Å². The number of ether oxygens (including phenoxy) is 2. The Hall–Kier alpha value is -0.860. The highest BCUT2D eigenvalue weighted by molar-refractivity contribution is 5.32. The highest BCUT2D eigenvalue weighted by atomic mass is 16.7. The maximum absolute atomic E-state index is 6.05. The molecule has 0 amide bonds. The molecule has 1 aromatic carbocycles. The summed E-state index contributed by atoms with van der Waals surface area (Å²) in [6, 6.07) is 10.8. The molecule has 3 rings (SSSR count). The Morgan fingerprint density at radius 3 is 2.76 bits per heavy atom. The minimum Gasteiger partial charge on any atom is -0.349 e. The first-order valence-electron chi connectivity index (χ1n) is 6.66. The molecule has 2 fully saturated rings. The first kappa shape index (κ1) is 11.2. The maximum Gasteiger partial charge on any atom is 0.177 e. The van der Waals surface area contributed by atoms with E-state index in [1.54, 1.807) is 0 Å². The van der Waals surface area contributed by atoms with E-state index in [1.165, 1.54) is 18.4 Å². The van der Waals surface area contributed by atoms with Crippen molar-refractivity contribution in [3.63, 3.8) is 0 Å². The van der Waals surface area contributed by atoms with E-state index in [2.05, 4.69) is 37.3 Å². The number of hydrogen-bond acceptors (Lipinski definition) is 2. The van der Waals surface area contributed by atoms with Gasteiger partial charge in [-0.25, -0.2) is 0 Å². The van der Waals surface area contributed by atoms with Crippen LogP contribution in [0.2, 0.25) is 0 Å². The fraction of sp³-hybridized carbons (Fsp3) is 0.600. The normalized spacial score (nSPS) is 36.1. The summed E-state index contributed by atoms with van der Waals surface area (Å²) in [4.78, 5) is 0. The predicted molar refractivity (Wildman–Crippen MR) is 66.9 cm³/mol. The molecule has 2 nitrogen and oxygen atoms in total. The smallest absolute Gasteiger partial charge is 0.177 e. The molecule has 0 N–H and O–H groups in total. The molecule has 2 atom stereocenters. The molecule has 17 heavy (non-hydrogen) atoms. The summed E-state index contributed by atoms with van der Waals surface area (Å²) in [5.74, 6) is -0.344. The second kappa shape index (κ2) is 4.11. The van der Waals surface area contributed by atoms with Gasteiger partial charge in [0, 0.05) is 13.0 Å². The molecule has 2 aliphatic rings. The van der Waals surface area contributed by atoms with E-state index in [-0.39, 0.29) is 11.2 Å². The van der Waals surface area contributed by atoms with Crippen molar-refractivity contribution in [2.45, 2.75) is 43.8 Å². The highest BCUT2D eigenvalue weighted by Gasteiger charge is 2.61. The van der Waals surface area contributed by atoms with Gasteiger partial charge in [-0.1, -0.05) is 30.3 Å². The summed E-state index contributed by atoms with van der Waals surface area (Å²) < 4.78 is 12.1. The van der Waals surface area contributed by atoms with E-state index < -0.39 is 0 Å².